The molecule has 6 nitrogen and oxygen atoms in total. The molecule has 1 heterocycles. The molecule has 0 saturated heterocycles. The maximum Gasteiger partial charge on any atom is 0.340 e. The SMILES string of the molecule is CCC(C)(C)CC(=O)N[C@H](Cc1ccccc1)c1n[nH]c(=O)[nH]1. The zero-order valence-electron chi connectivity index (χ0n) is 13.8. The van der Waals surface area contributed by atoms with Gasteiger partial charge in [0, 0.05) is 6.42 Å². The smallest absolute Gasteiger partial charge is 0.340 e. The van der Waals surface area contributed by atoms with Crippen LogP contribution in [0.2, 0.25) is 0 Å². The van der Waals surface area contributed by atoms with E-state index < -0.39 is 0 Å². The van der Waals surface area contributed by atoms with Gasteiger partial charge in [0.15, 0.2) is 5.82 Å². The molecule has 1 atom stereocenters. The molecule has 0 aliphatic rings. The molecular weight excluding hydrogens is 292 g/mol. The second-order valence-corrected chi connectivity index (χ2v) is 6.57. The molecule has 1 aromatic heterocycles. The zero-order chi connectivity index (χ0) is 16.9. The molecule has 0 aliphatic heterocycles. The number of nitrogens with zero attached hydrogens (tertiary/aromatic N) is 1. The maximum atomic E-state index is 12.4. The second-order valence-electron chi connectivity index (χ2n) is 6.57. The lowest BCUT2D eigenvalue weighted by Crippen LogP contribution is -2.33. The number of benzene rings is 1. The van der Waals surface area contributed by atoms with E-state index >= 15 is 0 Å². The maximum absolute atomic E-state index is 12.4. The minimum Gasteiger partial charge on any atom is -0.346 e. The van der Waals surface area contributed by atoms with Crippen LogP contribution in [0.3, 0.4) is 0 Å². The summed E-state index contributed by atoms with van der Waals surface area (Å²) in [5.74, 6) is 0.406. The van der Waals surface area contributed by atoms with Crippen molar-refractivity contribution >= 4 is 5.91 Å². The number of carbonyl (C=O) groups is 1. The van der Waals surface area contributed by atoms with E-state index in [0.717, 1.165) is 12.0 Å². The highest BCUT2D eigenvalue weighted by molar-refractivity contribution is 5.77. The molecule has 0 fully saturated rings. The minimum absolute atomic E-state index is 0.0402. The van der Waals surface area contributed by atoms with Crippen LogP contribution in [-0.4, -0.2) is 21.1 Å². The highest BCUT2D eigenvalue weighted by atomic mass is 16.2. The Morgan fingerprint density at radius 2 is 2.00 bits per heavy atom. The molecule has 6 heteroatoms. The Morgan fingerprint density at radius 1 is 1.30 bits per heavy atom. The predicted molar refractivity (Wildman–Crippen MR) is 88.9 cm³/mol. The number of aromatic amines is 2. The Hall–Kier alpha value is -2.37. The van der Waals surface area contributed by atoms with Gasteiger partial charge in [0.1, 0.15) is 0 Å². The van der Waals surface area contributed by atoms with Crippen LogP contribution in [0.25, 0.3) is 0 Å². The quantitative estimate of drug-likeness (QED) is 0.732. The molecule has 0 radical (unpaired) electrons. The Morgan fingerprint density at radius 3 is 2.57 bits per heavy atom. The van der Waals surface area contributed by atoms with E-state index in [1.807, 2.05) is 30.3 Å². The van der Waals surface area contributed by atoms with Crippen LogP contribution >= 0.6 is 0 Å². The average Bonchev–Trinajstić information content (AvgIpc) is 2.94. The molecule has 1 aromatic carbocycles. The zero-order valence-corrected chi connectivity index (χ0v) is 13.8. The van der Waals surface area contributed by atoms with Crippen molar-refractivity contribution in [1.82, 2.24) is 20.5 Å². The van der Waals surface area contributed by atoms with E-state index in [9.17, 15) is 9.59 Å². The van der Waals surface area contributed by atoms with Crippen molar-refractivity contribution < 1.29 is 4.79 Å². The molecule has 23 heavy (non-hydrogen) atoms. The Labute approximate surface area is 135 Å². The summed E-state index contributed by atoms with van der Waals surface area (Å²) < 4.78 is 0. The number of amides is 1. The molecule has 0 saturated carbocycles. The predicted octanol–water partition coefficient (Wildman–Crippen LogP) is 2.32. The molecule has 3 N–H and O–H groups in total. The number of carbonyl (C=O) groups excluding carboxylic acids is 1. The summed E-state index contributed by atoms with van der Waals surface area (Å²) in [4.78, 5) is 26.3. The van der Waals surface area contributed by atoms with Gasteiger partial charge in [-0.15, -0.1) is 0 Å². The summed E-state index contributed by atoms with van der Waals surface area (Å²) in [5.41, 5.74) is 0.637. The summed E-state index contributed by atoms with van der Waals surface area (Å²) in [7, 11) is 0. The number of nitrogens with one attached hydrogen (secondary N) is 3. The summed E-state index contributed by atoms with van der Waals surface area (Å²) in [6.45, 7) is 6.20. The molecule has 0 unspecified atom stereocenters. The summed E-state index contributed by atoms with van der Waals surface area (Å²) in [5, 5.41) is 9.32. The molecule has 0 spiro atoms. The van der Waals surface area contributed by atoms with Gasteiger partial charge in [0.25, 0.3) is 0 Å². The normalized spacial score (nSPS) is 12.8. The lowest BCUT2D eigenvalue weighted by Gasteiger charge is -2.24. The standard InChI is InChI=1S/C17H24N4O2/c1-4-17(2,3)11-14(22)18-13(15-19-16(23)21-20-15)10-12-8-6-5-7-9-12/h5-9,13H,4,10-11H2,1-3H3,(H,18,22)(H2,19,20,21,23)/t13-/m1/s1. The largest absolute Gasteiger partial charge is 0.346 e. The van der Waals surface area contributed by atoms with Gasteiger partial charge in [-0.05, 0) is 17.4 Å². The fraction of sp³-hybridized carbons (Fsp3) is 0.471. The highest BCUT2D eigenvalue weighted by Crippen LogP contribution is 2.25. The van der Waals surface area contributed by atoms with Gasteiger partial charge >= 0.3 is 5.69 Å². The first-order chi connectivity index (χ1) is 10.9. The molecule has 0 aliphatic carbocycles. The Kier molecular flexibility index (Phi) is 5.36. The third-order valence-corrected chi connectivity index (χ3v) is 4.06. The lowest BCUT2D eigenvalue weighted by atomic mass is 9.86. The van der Waals surface area contributed by atoms with Crippen molar-refractivity contribution in [3.8, 4) is 0 Å². The molecule has 2 rings (SSSR count). The number of aromatic nitrogens is 3. The van der Waals surface area contributed by atoms with Crippen LogP contribution < -0.4 is 11.0 Å². The van der Waals surface area contributed by atoms with E-state index in [-0.39, 0.29) is 23.1 Å². The van der Waals surface area contributed by atoms with Crippen molar-refractivity contribution in [1.29, 1.82) is 0 Å². The van der Waals surface area contributed by atoms with E-state index in [1.54, 1.807) is 0 Å². The summed E-state index contributed by atoms with van der Waals surface area (Å²) in [6.07, 6.45) is 1.92. The first kappa shape index (κ1) is 17.0. The third kappa shape index (κ3) is 5.09. The van der Waals surface area contributed by atoms with Gasteiger partial charge in [-0.2, -0.15) is 5.10 Å². The number of hydrogen-bond donors (Lipinski definition) is 3. The summed E-state index contributed by atoms with van der Waals surface area (Å²) in [6, 6.07) is 9.44. The van der Waals surface area contributed by atoms with Crippen LogP contribution in [0.15, 0.2) is 35.1 Å². The van der Waals surface area contributed by atoms with E-state index in [1.165, 1.54) is 0 Å². The fourth-order valence-corrected chi connectivity index (χ4v) is 2.32. The Balaban J connectivity index is 2.14. The lowest BCUT2D eigenvalue weighted by molar-refractivity contribution is -0.123. The number of H-pyrrole nitrogens is 2. The first-order valence-corrected chi connectivity index (χ1v) is 7.87. The van der Waals surface area contributed by atoms with Crippen molar-refractivity contribution in [3.05, 3.63) is 52.2 Å². The Bertz CT molecular complexity index is 688. The van der Waals surface area contributed by atoms with Crippen LogP contribution in [-0.2, 0) is 11.2 Å². The average molecular weight is 316 g/mol. The first-order valence-electron chi connectivity index (χ1n) is 7.87. The fourth-order valence-electron chi connectivity index (χ4n) is 2.32. The number of hydrogen-bond acceptors (Lipinski definition) is 3. The van der Waals surface area contributed by atoms with Crippen LogP contribution in [0, 0.1) is 5.41 Å². The monoisotopic (exact) mass is 316 g/mol. The van der Waals surface area contributed by atoms with Gasteiger partial charge in [-0.3, -0.25) is 9.78 Å². The highest BCUT2D eigenvalue weighted by Gasteiger charge is 2.24. The molecule has 124 valence electrons. The van der Waals surface area contributed by atoms with Crippen LogP contribution in [0.1, 0.15) is 51.0 Å². The third-order valence-electron chi connectivity index (χ3n) is 4.06. The van der Waals surface area contributed by atoms with Gasteiger partial charge < -0.3 is 5.32 Å². The van der Waals surface area contributed by atoms with Gasteiger partial charge in [0.05, 0.1) is 6.04 Å². The molecule has 1 amide bonds. The molecular formula is C17H24N4O2. The van der Waals surface area contributed by atoms with Crippen molar-refractivity contribution in [2.45, 2.75) is 46.1 Å². The van der Waals surface area contributed by atoms with E-state index in [2.05, 4.69) is 41.3 Å². The van der Waals surface area contributed by atoms with Crippen molar-refractivity contribution in [2.75, 3.05) is 0 Å². The summed E-state index contributed by atoms with van der Waals surface area (Å²) >= 11 is 0. The van der Waals surface area contributed by atoms with Crippen LogP contribution in [0.5, 0.6) is 0 Å². The van der Waals surface area contributed by atoms with Gasteiger partial charge in [-0.25, -0.2) is 9.89 Å². The van der Waals surface area contributed by atoms with Gasteiger partial charge in [0.2, 0.25) is 5.91 Å². The minimum atomic E-state index is -0.374. The van der Waals surface area contributed by atoms with Crippen molar-refractivity contribution in [2.24, 2.45) is 5.41 Å². The molecule has 0 bridgehead atoms. The van der Waals surface area contributed by atoms with E-state index in [4.69, 9.17) is 0 Å². The molecule has 2 aromatic rings. The van der Waals surface area contributed by atoms with Gasteiger partial charge in [-0.1, -0.05) is 57.5 Å². The van der Waals surface area contributed by atoms with Crippen LogP contribution in [0.4, 0.5) is 0 Å². The van der Waals surface area contributed by atoms with Crippen molar-refractivity contribution in [3.63, 3.8) is 0 Å². The number of rotatable bonds is 7. The van der Waals surface area contributed by atoms with E-state index in [0.29, 0.717) is 18.7 Å². The topological polar surface area (TPSA) is 90.6 Å². The second kappa shape index (κ2) is 7.26.